The molecule has 9 heterocycles. The van der Waals surface area contributed by atoms with Gasteiger partial charge in [0, 0.05) is 82.4 Å². The fourth-order valence-corrected chi connectivity index (χ4v) is 14.6. The molecule has 9 aromatic heterocycles. The van der Waals surface area contributed by atoms with Crippen molar-refractivity contribution in [1.82, 2.24) is 64.8 Å². The lowest BCUT2D eigenvalue weighted by Gasteiger charge is -2.16. The molecule has 0 aliphatic carbocycles. The molecule has 1 atom stereocenters. The minimum Gasteiger partial charge on any atom is -0.465 e. The second-order valence-corrected chi connectivity index (χ2v) is 33.4. The lowest BCUT2D eigenvalue weighted by Crippen LogP contribution is -2.29. The molecule has 44 heteroatoms. The highest BCUT2D eigenvalue weighted by molar-refractivity contribution is 7.80. The maximum Gasteiger partial charge on any atom is 0.342 e. The van der Waals surface area contributed by atoms with Gasteiger partial charge in [0.2, 0.25) is 35.6 Å². The number of H-pyrrole nitrogens is 7. The number of aromatic amines is 7. The van der Waals surface area contributed by atoms with Crippen molar-refractivity contribution in [2.24, 2.45) is 10.8 Å². The second kappa shape index (κ2) is 42.1. The lowest BCUT2D eigenvalue weighted by atomic mass is 9.96. The number of benzene rings is 8. The summed E-state index contributed by atoms with van der Waals surface area (Å²) in [6.07, 6.45) is 0. The van der Waals surface area contributed by atoms with Gasteiger partial charge in [-0.15, -0.1) is 12.6 Å². The van der Waals surface area contributed by atoms with Crippen LogP contribution in [0, 0.1) is 49.3 Å². The van der Waals surface area contributed by atoms with Crippen LogP contribution in [0.15, 0.2) is 166 Å². The van der Waals surface area contributed by atoms with Gasteiger partial charge >= 0.3 is 11.9 Å². The van der Waals surface area contributed by atoms with E-state index in [2.05, 4.69) is 95.0 Å². The van der Waals surface area contributed by atoms with Crippen molar-refractivity contribution in [3.8, 4) is 6.07 Å². The van der Waals surface area contributed by atoms with E-state index in [-0.39, 0.29) is 96.3 Å². The number of hydrogen-bond donors (Lipinski definition) is 14. The number of hydrogen-bond acceptors (Lipinski definition) is 24. The van der Waals surface area contributed by atoms with E-state index in [1.54, 1.807) is 95.3 Å². The van der Waals surface area contributed by atoms with Crippen LogP contribution >= 0.6 is 117 Å². The van der Waals surface area contributed by atoms with Gasteiger partial charge in [0.15, 0.2) is 5.92 Å². The minimum absolute atomic E-state index is 0.0104. The Bertz CT molecular complexity index is 7350. The van der Waals surface area contributed by atoms with Gasteiger partial charge < -0.3 is 57.3 Å². The van der Waals surface area contributed by atoms with Crippen LogP contribution in [0.3, 0.4) is 0 Å². The third-order valence-corrected chi connectivity index (χ3v) is 21.5. The number of nitrogens with one attached hydrogen (secondary N) is 9. The zero-order valence-electron chi connectivity index (χ0n) is 69.0. The smallest absolute Gasteiger partial charge is 0.342 e. The first-order valence-electron chi connectivity index (χ1n) is 37.9. The average molecular weight is 1950 g/mol. The Morgan fingerprint density at radius 1 is 0.481 bits per heavy atom. The number of aryl methyl sites for hydroxylation is 1. The van der Waals surface area contributed by atoms with Gasteiger partial charge in [-0.25, -0.2) is 4.79 Å². The molecule has 0 fully saturated rings. The molecule has 0 radical (unpaired) electrons. The van der Waals surface area contributed by atoms with Gasteiger partial charge in [-0.2, -0.15) is 35.2 Å². The molecular weight excluding hydrogens is 1870 g/mol. The number of nitro groups is 2. The maximum absolute atomic E-state index is 12.3. The number of carbonyl (C=O) groups is 4. The summed E-state index contributed by atoms with van der Waals surface area (Å²) in [5, 5.41) is 44.1. The van der Waals surface area contributed by atoms with Crippen molar-refractivity contribution >= 4 is 286 Å². The fourth-order valence-electron chi connectivity index (χ4n) is 12.2. The van der Waals surface area contributed by atoms with E-state index >= 15 is 0 Å². The Morgan fingerprint density at radius 3 is 1.36 bits per heavy atom. The summed E-state index contributed by atoms with van der Waals surface area (Å²) in [5.74, 6) is -2.01. The minimum atomic E-state index is -1.40. The number of nitrogen functional groups attached to an aromatic ring is 4. The summed E-state index contributed by atoms with van der Waals surface area (Å²) in [6.45, 7) is 16.5. The molecule has 34 nitrogen and oxygen atoms in total. The number of nitriles is 1. The number of fused-ring (bicyclic) bond motifs is 13. The molecule has 17 aromatic rings. The third-order valence-electron chi connectivity index (χ3n) is 18.2. The highest BCUT2D eigenvalue weighted by Crippen LogP contribution is 2.40. The van der Waals surface area contributed by atoms with Gasteiger partial charge in [-0.05, 0) is 106 Å². The summed E-state index contributed by atoms with van der Waals surface area (Å²) in [7, 11) is 0. The Morgan fingerprint density at radius 2 is 0.891 bits per heavy atom. The zero-order valence-corrected chi connectivity index (χ0v) is 76.7. The third kappa shape index (κ3) is 23.2. The van der Waals surface area contributed by atoms with Gasteiger partial charge in [-0.1, -0.05) is 206 Å². The van der Waals surface area contributed by atoms with E-state index < -0.39 is 38.5 Å². The number of thiol groups is 1. The highest BCUT2D eigenvalue weighted by atomic mass is 35.5. The van der Waals surface area contributed by atoms with Crippen molar-refractivity contribution in [2.45, 2.75) is 73.1 Å². The standard InChI is InChI=1S/C15H14Cl2N4O.C15H15ClN4O2.C11H9ClN2O4.C11H11ClN2O2.C10H8ClN5.C10H7ClN4O.C7H8S.C6H3Cl2NO2/c1-15(2,3)13(22)21-14-19-11(17)10-9-7(16)5-4-6-8(9)18-12(10)20-14;1-15(2,3)13(22)20-14-18-11-10(12(21)19-14)9-7(16)5-4-6-8(9)17-11;1-2-18-11(15)7(6-13)10-8(12)4-3-5-9(10)14(16)17;1-2-16-11(15)9-8-6(12)4-3-5-7(8)14-10(9)13;11-4-2-1-3-5-6(4)7-8(12)15-10(13)16-9(7)14-5;11-4-2-1-3-5-6(4)7-8(13-5)14-10(12)15-9(7)16;1-6-2-4-7(8)5-3-6;7-4-2-1-3-5(6(4)8)9(10)11/h4-6H,1-3H3,(H2,18,19,20,21,22);4-6H,1-3H3,(H3,17,18,19,20,21,22);3-5,7H,2H2,1H3;3-5,14H,2,13H2,1H3;1-3H,(H5,12,13,14,15,16);1-3H,(H4,12,13,14,15,16);2-5,8H,1H3;1-3H. The lowest BCUT2D eigenvalue weighted by molar-refractivity contribution is -0.385. The predicted octanol–water partition coefficient (Wildman–Crippen LogP) is 21.2. The van der Waals surface area contributed by atoms with Gasteiger partial charge in [0.25, 0.3) is 22.5 Å². The van der Waals surface area contributed by atoms with Gasteiger partial charge in [0.05, 0.1) is 91.4 Å². The van der Waals surface area contributed by atoms with Crippen LogP contribution in [0.25, 0.3) is 98.6 Å². The Kier molecular flexibility index (Phi) is 32.0. The van der Waals surface area contributed by atoms with E-state index in [9.17, 15) is 49.0 Å². The summed E-state index contributed by atoms with van der Waals surface area (Å²) >= 11 is 57.9. The average Bonchev–Trinajstić information content (AvgIpc) is 1.63. The fraction of sp³-hybridized carbons (Fsp3) is 0.165. The summed E-state index contributed by atoms with van der Waals surface area (Å²) in [4.78, 5) is 137. The molecule has 8 aromatic carbocycles. The molecule has 0 saturated carbocycles. The van der Waals surface area contributed by atoms with E-state index in [1.807, 2.05) is 81.4 Å². The van der Waals surface area contributed by atoms with Crippen LogP contribution in [-0.4, -0.2) is 112 Å². The molecule has 129 heavy (non-hydrogen) atoms. The van der Waals surface area contributed by atoms with E-state index in [0.717, 1.165) is 48.6 Å². The molecule has 1 unspecified atom stereocenters. The van der Waals surface area contributed by atoms with Crippen molar-refractivity contribution < 1.29 is 38.5 Å². The number of rotatable bonds is 9. The normalized spacial score (nSPS) is 11.2. The number of nitro benzene ring substituents is 2. The number of ether oxygens (including phenoxy) is 2. The van der Waals surface area contributed by atoms with Crippen molar-refractivity contribution in [3.05, 3.63) is 255 Å². The van der Waals surface area contributed by atoms with Crippen LogP contribution in [0.5, 0.6) is 0 Å². The van der Waals surface area contributed by atoms with Crippen LogP contribution in [0.2, 0.25) is 45.3 Å². The number of anilines is 6. The molecule has 0 aliphatic heterocycles. The van der Waals surface area contributed by atoms with Crippen molar-refractivity contribution in [2.75, 3.05) is 46.8 Å². The molecule has 17 N–H and O–H groups in total. The quantitative estimate of drug-likeness (QED) is 0.0210. The largest absolute Gasteiger partial charge is 0.465 e. The molecule has 0 aliphatic rings. The Hall–Kier alpha value is -13.3. The molecule has 0 saturated heterocycles. The number of halogens is 9. The second-order valence-electron chi connectivity index (χ2n) is 29.3. The molecular formula is C85H75Cl9N22O12S. The molecule has 0 spiro atoms. The molecule has 2 amide bonds. The van der Waals surface area contributed by atoms with Gasteiger partial charge in [0.1, 0.15) is 50.0 Å². The Balaban J connectivity index is 0.000000155. The number of aromatic nitrogens is 13. The van der Waals surface area contributed by atoms with Crippen molar-refractivity contribution in [3.63, 3.8) is 0 Å². The number of nitrogens with zero attached hydrogens (tertiary/aromatic N) is 9. The van der Waals surface area contributed by atoms with E-state index in [0.29, 0.717) is 98.0 Å². The molecule has 666 valence electrons. The maximum atomic E-state index is 12.3. The zero-order chi connectivity index (χ0) is 94.5. The Labute approximate surface area is 780 Å². The van der Waals surface area contributed by atoms with E-state index in [4.69, 9.17) is 142 Å². The molecule has 17 rings (SSSR count). The number of esters is 2. The van der Waals surface area contributed by atoms with Gasteiger partial charge in [-0.3, -0.25) is 64.8 Å². The first-order chi connectivity index (χ1) is 61.0. The van der Waals surface area contributed by atoms with Crippen molar-refractivity contribution in [1.29, 1.82) is 5.26 Å². The highest BCUT2D eigenvalue weighted by Gasteiger charge is 2.33. The first-order valence-corrected chi connectivity index (χ1v) is 41.8. The SMILES string of the molecule is CC(C)(C)C(=O)Nc1nc(Cl)c2c(n1)[nH]c1cccc(Cl)c12.CC(C)(C)C(=O)Nc1nc2[nH]c3cccc(Cl)c3c2c(=O)[nH]1.CCOC(=O)C(C#N)c1c(Cl)cccc1[N+](=O)[O-].CCOC(=O)c1c(N)[nH]c2cccc(Cl)c12.Cc1ccc(S)cc1.Nc1nc(N)c2c(n1)[nH]c1cccc(Cl)c12.Nc1nc2[nH]c3cccc(Cl)c3c2c(=O)[nH]1.O=[N+]([O-])c1cccc(Cl)c1Cl. The number of carbonyl (C=O) groups excluding carboxylic acids is 4. The van der Waals surface area contributed by atoms with E-state index in [1.165, 1.54) is 42.0 Å². The predicted molar refractivity (Wildman–Crippen MR) is 514 cm³/mol. The topological polar surface area (TPSA) is 547 Å². The molecule has 0 bridgehead atoms. The van der Waals surface area contributed by atoms with Crippen LogP contribution in [0.1, 0.15) is 82.8 Å². The summed E-state index contributed by atoms with van der Waals surface area (Å²) in [5.41, 5.74) is 27.6. The number of amides is 2. The monoisotopic (exact) mass is 1940 g/mol. The first kappa shape index (κ1) is 97.9. The summed E-state index contributed by atoms with van der Waals surface area (Å²) in [6, 6.07) is 45.0. The summed E-state index contributed by atoms with van der Waals surface area (Å²) < 4.78 is 9.63. The number of nitrogens with two attached hydrogens (primary N) is 4. The van der Waals surface area contributed by atoms with Crippen LogP contribution in [-0.2, 0) is 23.9 Å². The van der Waals surface area contributed by atoms with Crippen LogP contribution < -0.4 is 44.7 Å². The van der Waals surface area contributed by atoms with Crippen LogP contribution in [0.4, 0.5) is 46.8 Å².